The van der Waals surface area contributed by atoms with Gasteiger partial charge in [0.15, 0.2) is 10.4 Å². The highest BCUT2D eigenvalue weighted by Gasteiger charge is 2.25. The van der Waals surface area contributed by atoms with Gasteiger partial charge in [-0.05, 0) is 28.1 Å². The Balaban J connectivity index is 0.00000144. The van der Waals surface area contributed by atoms with Crippen molar-refractivity contribution in [1.29, 1.82) is 0 Å². The number of halogens is 2. The molecule has 2 unspecified atom stereocenters. The first-order valence-electron chi connectivity index (χ1n) is 5.09. The van der Waals surface area contributed by atoms with Gasteiger partial charge in [-0.15, -0.1) is 12.4 Å². The van der Waals surface area contributed by atoms with E-state index < -0.39 is 0 Å². The third-order valence-corrected chi connectivity index (χ3v) is 3.05. The predicted molar refractivity (Wildman–Crippen MR) is 68.4 cm³/mol. The Kier molecular flexibility index (Phi) is 5.45. The molecular weight excluding hydrogens is 311 g/mol. The maximum atomic E-state index is 11.6. The van der Waals surface area contributed by atoms with Crippen LogP contribution in [0.25, 0.3) is 0 Å². The van der Waals surface area contributed by atoms with Crippen molar-refractivity contribution < 1.29 is 14.3 Å². The number of carbonyl (C=O) groups is 1. The van der Waals surface area contributed by atoms with E-state index >= 15 is 0 Å². The molecule has 1 aliphatic rings. The molecule has 3 N–H and O–H groups in total. The SMILES string of the molecule is Cl.O=C(NCC1CNCC1O)c1ccc(Br)o1. The summed E-state index contributed by atoms with van der Waals surface area (Å²) in [6.45, 7) is 1.77. The van der Waals surface area contributed by atoms with E-state index in [0.29, 0.717) is 17.8 Å². The lowest BCUT2D eigenvalue weighted by molar-refractivity contribution is 0.0898. The fourth-order valence-electron chi connectivity index (χ4n) is 1.67. The zero-order valence-corrected chi connectivity index (χ0v) is 11.4. The van der Waals surface area contributed by atoms with Crippen LogP contribution in [0.2, 0.25) is 0 Å². The zero-order chi connectivity index (χ0) is 11.5. The lowest BCUT2D eigenvalue weighted by Gasteiger charge is -2.13. The van der Waals surface area contributed by atoms with Gasteiger partial charge >= 0.3 is 0 Å². The molecule has 1 aliphatic heterocycles. The minimum absolute atomic E-state index is 0. The number of aliphatic hydroxyl groups excluding tert-OH is 1. The average Bonchev–Trinajstić information content (AvgIpc) is 2.84. The summed E-state index contributed by atoms with van der Waals surface area (Å²) in [5, 5.41) is 15.3. The molecule has 1 saturated heterocycles. The number of rotatable bonds is 3. The number of furan rings is 1. The summed E-state index contributed by atoms with van der Waals surface area (Å²) in [6, 6.07) is 3.27. The average molecular weight is 326 g/mol. The molecule has 7 heteroatoms. The van der Waals surface area contributed by atoms with Crippen LogP contribution in [-0.4, -0.2) is 36.8 Å². The normalized spacial score (nSPS) is 23.2. The van der Waals surface area contributed by atoms with Gasteiger partial charge in [0.1, 0.15) is 0 Å². The quantitative estimate of drug-likeness (QED) is 0.767. The Labute approximate surface area is 113 Å². The second-order valence-electron chi connectivity index (χ2n) is 3.80. The Bertz CT molecular complexity index is 385. The van der Waals surface area contributed by atoms with E-state index in [1.54, 1.807) is 12.1 Å². The predicted octanol–water partition coefficient (Wildman–Crippen LogP) is 0.774. The second kappa shape index (κ2) is 6.39. The molecule has 0 aromatic carbocycles. The molecule has 17 heavy (non-hydrogen) atoms. The van der Waals surface area contributed by atoms with Crippen LogP contribution in [0.1, 0.15) is 10.6 Å². The van der Waals surface area contributed by atoms with E-state index in [1.807, 2.05) is 0 Å². The molecule has 5 nitrogen and oxygen atoms in total. The highest BCUT2D eigenvalue weighted by atomic mass is 79.9. The Hall–Kier alpha value is -0.560. The summed E-state index contributed by atoms with van der Waals surface area (Å²) in [5.74, 6) is 0.0828. The van der Waals surface area contributed by atoms with Crippen LogP contribution < -0.4 is 10.6 Å². The molecule has 1 aromatic heterocycles. The summed E-state index contributed by atoms with van der Waals surface area (Å²) in [5.41, 5.74) is 0. The molecule has 2 atom stereocenters. The van der Waals surface area contributed by atoms with Crippen LogP contribution in [-0.2, 0) is 0 Å². The largest absolute Gasteiger partial charge is 0.444 e. The van der Waals surface area contributed by atoms with Gasteiger partial charge in [0.05, 0.1) is 6.10 Å². The highest BCUT2D eigenvalue weighted by molar-refractivity contribution is 9.10. The Morgan fingerprint density at radius 1 is 1.59 bits per heavy atom. The van der Waals surface area contributed by atoms with E-state index in [1.165, 1.54) is 0 Å². The highest BCUT2D eigenvalue weighted by Crippen LogP contribution is 2.14. The molecule has 1 aromatic rings. The van der Waals surface area contributed by atoms with E-state index in [9.17, 15) is 9.90 Å². The summed E-state index contributed by atoms with van der Waals surface area (Å²) < 4.78 is 5.64. The maximum Gasteiger partial charge on any atom is 0.287 e. The van der Waals surface area contributed by atoms with Crippen molar-refractivity contribution in [3.63, 3.8) is 0 Å². The molecule has 1 amide bonds. The van der Waals surface area contributed by atoms with Gasteiger partial charge in [-0.3, -0.25) is 4.79 Å². The molecule has 96 valence electrons. The molecule has 0 saturated carbocycles. The Morgan fingerprint density at radius 3 is 2.88 bits per heavy atom. The summed E-state index contributed by atoms with van der Waals surface area (Å²) >= 11 is 3.13. The molecule has 2 rings (SSSR count). The number of nitrogens with one attached hydrogen (secondary N) is 2. The van der Waals surface area contributed by atoms with E-state index in [2.05, 4.69) is 26.6 Å². The summed E-state index contributed by atoms with van der Waals surface area (Å²) in [6.07, 6.45) is -0.386. The van der Waals surface area contributed by atoms with Crippen molar-refractivity contribution in [2.45, 2.75) is 6.10 Å². The summed E-state index contributed by atoms with van der Waals surface area (Å²) in [4.78, 5) is 11.6. The molecule has 0 spiro atoms. The van der Waals surface area contributed by atoms with Crippen LogP contribution >= 0.6 is 28.3 Å². The van der Waals surface area contributed by atoms with Gasteiger partial charge in [-0.1, -0.05) is 0 Å². The number of hydrogen-bond donors (Lipinski definition) is 3. The first-order valence-corrected chi connectivity index (χ1v) is 5.88. The summed E-state index contributed by atoms with van der Waals surface area (Å²) in [7, 11) is 0. The van der Waals surface area contributed by atoms with Gasteiger partial charge in [0.25, 0.3) is 5.91 Å². The van der Waals surface area contributed by atoms with Crippen LogP contribution in [0.3, 0.4) is 0 Å². The molecule has 1 fully saturated rings. The van der Waals surface area contributed by atoms with Crippen LogP contribution in [0.15, 0.2) is 21.2 Å². The smallest absolute Gasteiger partial charge is 0.287 e. The van der Waals surface area contributed by atoms with E-state index in [-0.39, 0.29) is 36.1 Å². The number of carbonyl (C=O) groups excluding carboxylic acids is 1. The lowest BCUT2D eigenvalue weighted by Crippen LogP contribution is -2.34. The maximum absolute atomic E-state index is 11.6. The van der Waals surface area contributed by atoms with Crippen molar-refractivity contribution in [2.75, 3.05) is 19.6 Å². The third-order valence-electron chi connectivity index (χ3n) is 2.63. The lowest BCUT2D eigenvalue weighted by atomic mass is 10.1. The van der Waals surface area contributed by atoms with Gasteiger partial charge in [-0.2, -0.15) is 0 Å². The van der Waals surface area contributed by atoms with Crippen molar-refractivity contribution in [3.8, 4) is 0 Å². The second-order valence-corrected chi connectivity index (χ2v) is 4.58. The Morgan fingerprint density at radius 2 is 2.35 bits per heavy atom. The van der Waals surface area contributed by atoms with Gasteiger partial charge in [-0.25, -0.2) is 0 Å². The van der Waals surface area contributed by atoms with Crippen molar-refractivity contribution in [1.82, 2.24) is 10.6 Å². The number of β-amino-alcohol motifs (C(OH)–C–C–N with tert-alkyl or cyclic N) is 1. The number of aliphatic hydroxyl groups is 1. The fourth-order valence-corrected chi connectivity index (χ4v) is 1.98. The number of hydrogen-bond acceptors (Lipinski definition) is 4. The van der Waals surface area contributed by atoms with E-state index in [4.69, 9.17) is 4.42 Å². The van der Waals surface area contributed by atoms with Crippen LogP contribution in [0, 0.1) is 5.92 Å². The van der Waals surface area contributed by atoms with Gasteiger partial charge in [0.2, 0.25) is 0 Å². The molecule has 0 aliphatic carbocycles. The zero-order valence-electron chi connectivity index (χ0n) is 8.98. The minimum Gasteiger partial charge on any atom is -0.444 e. The molecule has 0 radical (unpaired) electrons. The standard InChI is InChI=1S/C10H13BrN2O3.ClH/c11-9-2-1-8(16-9)10(15)13-4-6-3-12-5-7(6)14;/h1-2,6-7,12,14H,3-5H2,(H,13,15);1H. The molecular formula is C10H14BrClN2O3. The fraction of sp³-hybridized carbons (Fsp3) is 0.500. The van der Waals surface area contributed by atoms with Crippen LogP contribution in [0.5, 0.6) is 0 Å². The molecule has 2 heterocycles. The van der Waals surface area contributed by atoms with Gasteiger partial charge < -0.3 is 20.2 Å². The number of amides is 1. The van der Waals surface area contributed by atoms with Crippen molar-refractivity contribution >= 4 is 34.2 Å². The minimum atomic E-state index is -0.386. The topological polar surface area (TPSA) is 74.5 Å². The van der Waals surface area contributed by atoms with Crippen LogP contribution in [0.4, 0.5) is 0 Å². The third kappa shape index (κ3) is 3.70. The first-order chi connectivity index (χ1) is 7.66. The monoisotopic (exact) mass is 324 g/mol. The van der Waals surface area contributed by atoms with Crippen molar-refractivity contribution in [2.24, 2.45) is 5.92 Å². The van der Waals surface area contributed by atoms with E-state index in [0.717, 1.165) is 6.54 Å². The first kappa shape index (κ1) is 14.5. The van der Waals surface area contributed by atoms with Gasteiger partial charge in [0, 0.05) is 25.6 Å². The molecule has 0 bridgehead atoms. The van der Waals surface area contributed by atoms with Crippen molar-refractivity contribution in [3.05, 3.63) is 22.6 Å².